The molecule has 1 spiro atoms. The molecule has 2 aliphatic heterocycles. The lowest BCUT2D eigenvalue weighted by atomic mass is 9.75. The molecule has 16 heavy (non-hydrogen) atoms. The third-order valence-electron chi connectivity index (χ3n) is 4.46. The van der Waals surface area contributed by atoms with Crippen LogP contribution in [0.2, 0.25) is 0 Å². The number of rotatable bonds is 1. The number of nitrogens with zero attached hydrogens (tertiary/aromatic N) is 1. The van der Waals surface area contributed by atoms with Gasteiger partial charge in [-0.15, -0.1) is 0 Å². The lowest BCUT2D eigenvalue weighted by Crippen LogP contribution is -2.46. The molecule has 1 atom stereocenters. The molecule has 0 bridgehead atoms. The van der Waals surface area contributed by atoms with Crippen LogP contribution in [0.5, 0.6) is 0 Å². The molecule has 3 heteroatoms. The maximum atomic E-state index is 6.15. The predicted octanol–water partition coefficient (Wildman–Crippen LogP) is 1.82. The fraction of sp³-hybridized carbons (Fsp3) is 1.00. The summed E-state index contributed by atoms with van der Waals surface area (Å²) in [6, 6.07) is 0. The molecule has 0 saturated carbocycles. The number of hydrogen-bond acceptors (Lipinski definition) is 3. The zero-order valence-electron chi connectivity index (χ0n) is 11.0. The molecule has 2 rings (SSSR count). The van der Waals surface area contributed by atoms with Crippen LogP contribution in [-0.2, 0) is 4.74 Å². The highest BCUT2D eigenvalue weighted by Crippen LogP contribution is 2.44. The zero-order chi connectivity index (χ0) is 11.8. The fourth-order valence-electron chi connectivity index (χ4n) is 2.89. The summed E-state index contributed by atoms with van der Waals surface area (Å²) < 4.78 is 6.15. The first-order valence-electron chi connectivity index (χ1n) is 6.52. The van der Waals surface area contributed by atoms with Gasteiger partial charge in [0.25, 0.3) is 0 Å². The van der Waals surface area contributed by atoms with Gasteiger partial charge in [-0.3, -0.25) is 4.90 Å². The van der Waals surface area contributed by atoms with E-state index in [0.29, 0.717) is 12.1 Å². The summed E-state index contributed by atoms with van der Waals surface area (Å²) in [6.45, 7) is 10.8. The Morgan fingerprint density at radius 1 is 1.31 bits per heavy atom. The van der Waals surface area contributed by atoms with Crippen LogP contribution in [0.15, 0.2) is 0 Å². The molecular weight excluding hydrogens is 200 g/mol. The fourth-order valence-corrected chi connectivity index (χ4v) is 2.89. The Morgan fingerprint density at radius 3 is 2.38 bits per heavy atom. The van der Waals surface area contributed by atoms with Crippen molar-refractivity contribution in [2.75, 3.05) is 26.4 Å². The average Bonchev–Trinajstić information content (AvgIpc) is 2.63. The van der Waals surface area contributed by atoms with Crippen LogP contribution >= 0.6 is 0 Å². The van der Waals surface area contributed by atoms with E-state index in [-0.39, 0.29) is 5.60 Å². The van der Waals surface area contributed by atoms with Gasteiger partial charge in [0.05, 0.1) is 12.2 Å². The summed E-state index contributed by atoms with van der Waals surface area (Å²) in [7, 11) is 0. The van der Waals surface area contributed by atoms with E-state index in [4.69, 9.17) is 10.5 Å². The monoisotopic (exact) mass is 226 g/mol. The SMILES string of the molecule is CC(C)(C)C1COC2(CCN(CN)CC2)C1. The van der Waals surface area contributed by atoms with Gasteiger partial charge in [-0.2, -0.15) is 0 Å². The van der Waals surface area contributed by atoms with Crippen LogP contribution in [0.1, 0.15) is 40.0 Å². The van der Waals surface area contributed by atoms with Crippen molar-refractivity contribution in [3.05, 3.63) is 0 Å². The van der Waals surface area contributed by atoms with Gasteiger partial charge in [-0.25, -0.2) is 0 Å². The lowest BCUT2D eigenvalue weighted by Gasteiger charge is -2.38. The summed E-state index contributed by atoms with van der Waals surface area (Å²) in [6.07, 6.45) is 3.57. The lowest BCUT2D eigenvalue weighted by molar-refractivity contribution is -0.0435. The number of nitrogens with two attached hydrogens (primary N) is 1. The van der Waals surface area contributed by atoms with E-state index < -0.39 is 0 Å². The molecule has 0 aromatic heterocycles. The second-order valence-electron chi connectivity index (χ2n) is 6.56. The van der Waals surface area contributed by atoms with Crippen molar-refractivity contribution in [2.45, 2.75) is 45.6 Å². The minimum Gasteiger partial charge on any atom is -0.375 e. The molecule has 2 saturated heterocycles. The molecule has 0 amide bonds. The minimum absolute atomic E-state index is 0.184. The van der Waals surface area contributed by atoms with E-state index in [1.54, 1.807) is 0 Å². The number of piperidine rings is 1. The Bertz CT molecular complexity index is 239. The summed E-state index contributed by atoms with van der Waals surface area (Å²) in [4.78, 5) is 2.32. The van der Waals surface area contributed by atoms with Crippen molar-refractivity contribution >= 4 is 0 Å². The van der Waals surface area contributed by atoms with Gasteiger partial charge in [0.1, 0.15) is 0 Å². The highest BCUT2D eigenvalue weighted by Gasteiger charge is 2.45. The first kappa shape index (κ1) is 12.3. The predicted molar refractivity (Wildman–Crippen MR) is 66.1 cm³/mol. The summed E-state index contributed by atoms with van der Waals surface area (Å²) in [5.41, 5.74) is 6.24. The van der Waals surface area contributed by atoms with E-state index in [2.05, 4.69) is 25.7 Å². The van der Waals surface area contributed by atoms with E-state index in [9.17, 15) is 0 Å². The quantitative estimate of drug-likeness (QED) is 0.741. The summed E-state index contributed by atoms with van der Waals surface area (Å²) in [5, 5.41) is 0. The smallest absolute Gasteiger partial charge is 0.0710 e. The number of likely N-dealkylation sites (tertiary alicyclic amines) is 1. The van der Waals surface area contributed by atoms with Crippen LogP contribution in [0.25, 0.3) is 0 Å². The Morgan fingerprint density at radius 2 is 1.94 bits per heavy atom. The Balaban J connectivity index is 1.93. The van der Waals surface area contributed by atoms with Gasteiger partial charge in [-0.05, 0) is 30.6 Å². The molecule has 0 radical (unpaired) electrons. The van der Waals surface area contributed by atoms with Gasteiger partial charge in [0, 0.05) is 19.8 Å². The van der Waals surface area contributed by atoms with Crippen molar-refractivity contribution in [1.29, 1.82) is 0 Å². The molecule has 3 nitrogen and oxygen atoms in total. The topological polar surface area (TPSA) is 38.5 Å². The first-order valence-corrected chi connectivity index (χ1v) is 6.52. The van der Waals surface area contributed by atoms with Gasteiger partial charge in [-0.1, -0.05) is 20.8 Å². The number of ether oxygens (including phenoxy) is 1. The van der Waals surface area contributed by atoms with Crippen molar-refractivity contribution in [1.82, 2.24) is 4.90 Å². The van der Waals surface area contributed by atoms with Crippen LogP contribution in [0.3, 0.4) is 0 Å². The standard InChI is InChI=1S/C13H26N2O/c1-12(2,3)11-8-13(16-9-11)4-6-15(10-14)7-5-13/h11H,4-10,14H2,1-3H3. The van der Waals surface area contributed by atoms with Gasteiger partial charge >= 0.3 is 0 Å². The minimum atomic E-state index is 0.184. The van der Waals surface area contributed by atoms with Crippen LogP contribution in [0.4, 0.5) is 0 Å². The maximum Gasteiger partial charge on any atom is 0.0710 e. The van der Waals surface area contributed by atoms with Crippen LogP contribution in [0, 0.1) is 11.3 Å². The number of hydrogen-bond donors (Lipinski definition) is 1. The van der Waals surface area contributed by atoms with E-state index in [1.165, 1.54) is 6.42 Å². The van der Waals surface area contributed by atoms with Crippen LogP contribution in [-0.4, -0.2) is 36.9 Å². The average molecular weight is 226 g/mol. The zero-order valence-corrected chi connectivity index (χ0v) is 11.0. The van der Waals surface area contributed by atoms with Gasteiger partial charge < -0.3 is 10.5 Å². The van der Waals surface area contributed by atoms with Crippen molar-refractivity contribution in [3.8, 4) is 0 Å². The molecule has 2 N–H and O–H groups in total. The van der Waals surface area contributed by atoms with Gasteiger partial charge in [0.2, 0.25) is 0 Å². The largest absolute Gasteiger partial charge is 0.375 e. The Labute approximate surface area is 99.3 Å². The molecule has 0 aromatic rings. The highest BCUT2D eigenvalue weighted by molar-refractivity contribution is 4.96. The molecule has 94 valence electrons. The van der Waals surface area contributed by atoms with Gasteiger partial charge in [0.15, 0.2) is 0 Å². The van der Waals surface area contributed by atoms with Crippen molar-refractivity contribution in [2.24, 2.45) is 17.1 Å². The Kier molecular flexibility index (Phi) is 3.30. The van der Waals surface area contributed by atoms with Crippen LogP contribution < -0.4 is 5.73 Å². The molecular formula is C13H26N2O. The molecule has 1 unspecified atom stereocenters. The highest BCUT2D eigenvalue weighted by atomic mass is 16.5. The third-order valence-corrected chi connectivity index (χ3v) is 4.46. The van der Waals surface area contributed by atoms with E-state index in [0.717, 1.165) is 38.5 Å². The van der Waals surface area contributed by atoms with Crippen molar-refractivity contribution in [3.63, 3.8) is 0 Å². The van der Waals surface area contributed by atoms with E-state index >= 15 is 0 Å². The molecule has 0 aromatic carbocycles. The molecule has 2 aliphatic rings. The molecule has 0 aliphatic carbocycles. The maximum absolute atomic E-state index is 6.15. The Hall–Kier alpha value is -0.120. The molecule has 2 heterocycles. The third kappa shape index (κ3) is 2.41. The second kappa shape index (κ2) is 4.28. The van der Waals surface area contributed by atoms with E-state index in [1.807, 2.05) is 0 Å². The van der Waals surface area contributed by atoms with Crippen molar-refractivity contribution < 1.29 is 4.74 Å². The first-order chi connectivity index (χ1) is 7.45. The molecule has 2 fully saturated rings. The normalized spacial score (nSPS) is 31.1. The summed E-state index contributed by atoms with van der Waals surface area (Å²) in [5.74, 6) is 0.719. The summed E-state index contributed by atoms with van der Waals surface area (Å²) >= 11 is 0. The second-order valence-corrected chi connectivity index (χ2v) is 6.56.